The summed E-state index contributed by atoms with van der Waals surface area (Å²) in [4.78, 5) is 29.9. The Balaban J connectivity index is 2.12. The third-order valence-corrected chi connectivity index (χ3v) is 6.17. The molecule has 2 aromatic rings. The molecule has 1 amide bonds. The fourth-order valence-corrected chi connectivity index (χ4v) is 4.19. The summed E-state index contributed by atoms with van der Waals surface area (Å²) in [6.45, 7) is 9.06. The van der Waals surface area contributed by atoms with Crippen molar-refractivity contribution in [2.45, 2.75) is 33.2 Å². The molecule has 0 aliphatic carbocycles. The molecule has 8 heteroatoms. The van der Waals surface area contributed by atoms with Gasteiger partial charge in [-0.05, 0) is 61.5 Å². The molecule has 1 fully saturated rings. The van der Waals surface area contributed by atoms with Crippen LogP contribution in [0.2, 0.25) is 0 Å². The zero-order chi connectivity index (χ0) is 25.5. The van der Waals surface area contributed by atoms with E-state index in [4.69, 9.17) is 9.47 Å². The number of aliphatic hydroxyl groups excluding tert-OH is 1. The number of nitrogens with zero attached hydrogens (tertiary/aromatic N) is 2. The number of carbonyl (C=O) groups is 2. The summed E-state index contributed by atoms with van der Waals surface area (Å²) >= 11 is 0. The molecule has 35 heavy (non-hydrogen) atoms. The predicted molar refractivity (Wildman–Crippen MR) is 132 cm³/mol. The zero-order valence-corrected chi connectivity index (χ0v) is 20.7. The predicted octanol–water partition coefficient (Wildman–Crippen LogP) is 4.39. The first-order chi connectivity index (χ1) is 16.9. The molecule has 1 aliphatic rings. The topological polar surface area (TPSA) is 79.3 Å². The molecule has 0 unspecified atom stereocenters. The van der Waals surface area contributed by atoms with Crippen molar-refractivity contribution in [1.29, 1.82) is 0 Å². The zero-order valence-electron chi connectivity index (χ0n) is 20.7. The Bertz CT molecular complexity index is 1080. The van der Waals surface area contributed by atoms with E-state index in [2.05, 4.69) is 4.90 Å². The van der Waals surface area contributed by atoms with Crippen molar-refractivity contribution in [3.63, 3.8) is 0 Å². The van der Waals surface area contributed by atoms with Crippen LogP contribution < -0.4 is 9.47 Å². The van der Waals surface area contributed by atoms with Crippen molar-refractivity contribution in [2.24, 2.45) is 0 Å². The lowest BCUT2D eigenvalue weighted by atomic mass is 9.95. The Morgan fingerprint density at radius 3 is 2.34 bits per heavy atom. The van der Waals surface area contributed by atoms with Crippen molar-refractivity contribution < 1.29 is 28.6 Å². The van der Waals surface area contributed by atoms with Crippen molar-refractivity contribution >= 4 is 17.4 Å². The fraction of sp³-hybridized carbons (Fsp3) is 0.407. The molecule has 188 valence electrons. The third-order valence-electron chi connectivity index (χ3n) is 6.17. The molecule has 1 N–H and O–H groups in total. The molecule has 1 heterocycles. The van der Waals surface area contributed by atoms with Gasteiger partial charge in [0.15, 0.2) is 11.5 Å². The molecule has 0 bridgehead atoms. The van der Waals surface area contributed by atoms with Gasteiger partial charge in [0, 0.05) is 18.7 Å². The minimum Gasteiger partial charge on any atom is -0.507 e. The van der Waals surface area contributed by atoms with Crippen molar-refractivity contribution in [3.05, 3.63) is 65.0 Å². The first-order valence-corrected chi connectivity index (χ1v) is 11.9. The summed E-state index contributed by atoms with van der Waals surface area (Å²) < 4.78 is 24.7. The molecule has 2 aromatic carbocycles. The Morgan fingerprint density at radius 1 is 1.06 bits per heavy atom. The SMILES string of the molecule is CCCOc1ccc([C@@H]2C(=C(O)c3ccc(F)cc3)C(=O)C(=O)N2CCN(CC)CC)cc1OC. The van der Waals surface area contributed by atoms with Gasteiger partial charge in [0.05, 0.1) is 25.3 Å². The highest BCUT2D eigenvalue weighted by atomic mass is 19.1. The highest BCUT2D eigenvalue weighted by Crippen LogP contribution is 2.42. The van der Waals surface area contributed by atoms with E-state index in [1.807, 2.05) is 20.8 Å². The molecule has 0 aromatic heterocycles. The van der Waals surface area contributed by atoms with Crippen molar-refractivity contribution in [1.82, 2.24) is 9.80 Å². The quantitative estimate of drug-likeness (QED) is 0.290. The molecule has 0 saturated carbocycles. The van der Waals surface area contributed by atoms with E-state index in [9.17, 15) is 19.1 Å². The highest BCUT2D eigenvalue weighted by molar-refractivity contribution is 6.46. The van der Waals surface area contributed by atoms with Crippen LogP contribution in [0.5, 0.6) is 11.5 Å². The van der Waals surface area contributed by atoms with Crippen LogP contribution in [0.3, 0.4) is 0 Å². The molecule has 1 atom stereocenters. The van der Waals surface area contributed by atoms with Gasteiger partial charge in [-0.25, -0.2) is 4.39 Å². The number of hydrogen-bond donors (Lipinski definition) is 1. The van der Waals surface area contributed by atoms with Crippen LogP contribution in [-0.4, -0.2) is 66.5 Å². The molecular weight excluding hydrogens is 451 g/mol. The number of amides is 1. The number of rotatable bonds is 11. The minimum atomic E-state index is -0.829. The summed E-state index contributed by atoms with van der Waals surface area (Å²) in [5, 5.41) is 11.1. The van der Waals surface area contributed by atoms with E-state index >= 15 is 0 Å². The van der Waals surface area contributed by atoms with Gasteiger partial charge in [0.1, 0.15) is 11.6 Å². The number of halogens is 1. The van der Waals surface area contributed by atoms with Crippen LogP contribution >= 0.6 is 0 Å². The number of aliphatic hydroxyl groups is 1. The van der Waals surface area contributed by atoms with Gasteiger partial charge in [-0.15, -0.1) is 0 Å². The van der Waals surface area contributed by atoms with Gasteiger partial charge in [-0.2, -0.15) is 0 Å². The van der Waals surface area contributed by atoms with Crippen LogP contribution in [0.1, 0.15) is 44.4 Å². The van der Waals surface area contributed by atoms with E-state index in [0.29, 0.717) is 36.8 Å². The first-order valence-electron chi connectivity index (χ1n) is 11.9. The highest BCUT2D eigenvalue weighted by Gasteiger charge is 2.46. The first kappa shape index (κ1) is 26.2. The lowest BCUT2D eigenvalue weighted by Crippen LogP contribution is -2.38. The molecule has 3 rings (SSSR count). The second kappa shape index (κ2) is 11.8. The Morgan fingerprint density at radius 2 is 1.74 bits per heavy atom. The van der Waals surface area contributed by atoms with E-state index in [0.717, 1.165) is 19.5 Å². The number of ketones is 1. The number of methoxy groups -OCH3 is 1. The van der Waals surface area contributed by atoms with E-state index in [1.54, 1.807) is 18.2 Å². The van der Waals surface area contributed by atoms with Crippen LogP contribution in [-0.2, 0) is 9.59 Å². The van der Waals surface area contributed by atoms with Gasteiger partial charge in [-0.1, -0.05) is 26.8 Å². The van der Waals surface area contributed by atoms with E-state index < -0.39 is 23.5 Å². The second-order valence-electron chi connectivity index (χ2n) is 8.29. The van der Waals surface area contributed by atoms with Gasteiger partial charge in [-0.3, -0.25) is 9.59 Å². The monoisotopic (exact) mass is 484 g/mol. The molecular formula is C27H33FN2O5. The van der Waals surface area contributed by atoms with Gasteiger partial charge < -0.3 is 24.4 Å². The normalized spacial score (nSPS) is 17.3. The summed E-state index contributed by atoms with van der Waals surface area (Å²) in [7, 11) is 1.52. The summed E-state index contributed by atoms with van der Waals surface area (Å²) in [5.41, 5.74) is 0.826. The van der Waals surface area contributed by atoms with Crippen LogP contribution in [0.4, 0.5) is 4.39 Å². The molecule has 1 aliphatic heterocycles. The average molecular weight is 485 g/mol. The molecule has 7 nitrogen and oxygen atoms in total. The smallest absolute Gasteiger partial charge is 0.295 e. The van der Waals surface area contributed by atoms with E-state index in [-0.39, 0.29) is 16.9 Å². The van der Waals surface area contributed by atoms with Crippen molar-refractivity contribution in [2.75, 3.05) is 39.9 Å². The van der Waals surface area contributed by atoms with Crippen LogP contribution in [0, 0.1) is 5.82 Å². The Hall–Kier alpha value is -3.39. The van der Waals surface area contributed by atoms with Gasteiger partial charge in [0.2, 0.25) is 0 Å². The number of benzene rings is 2. The van der Waals surface area contributed by atoms with Crippen LogP contribution in [0.15, 0.2) is 48.0 Å². The lowest BCUT2D eigenvalue weighted by molar-refractivity contribution is -0.140. The standard InChI is InChI=1S/C27H33FN2O5/c1-5-16-35-21-13-10-19(17-22(21)34-4)24-23(25(31)18-8-11-20(28)12-9-18)26(32)27(33)30(24)15-14-29(6-2)7-3/h8-13,17,24,31H,5-7,14-16H2,1-4H3/t24-/m1/s1. The molecule has 1 saturated heterocycles. The largest absolute Gasteiger partial charge is 0.507 e. The van der Waals surface area contributed by atoms with Crippen LogP contribution in [0.25, 0.3) is 5.76 Å². The maximum Gasteiger partial charge on any atom is 0.295 e. The number of hydrogen-bond acceptors (Lipinski definition) is 6. The van der Waals surface area contributed by atoms with E-state index in [1.165, 1.54) is 36.3 Å². The number of carbonyl (C=O) groups excluding carboxylic acids is 2. The average Bonchev–Trinajstić information content (AvgIpc) is 3.13. The van der Waals surface area contributed by atoms with Crippen molar-refractivity contribution in [3.8, 4) is 11.5 Å². The molecule has 0 spiro atoms. The summed E-state index contributed by atoms with van der Waals surface area (Å²) in [6.07, 6.45) is 0.827. The molecule has 0 radical (unpaired) electrons. The number of likely N-dealkylation sites (tertiary alicyclic amines) is 1. The second-order valence-corrected chi connectivity index (χ2v) is 8.29. The third kappa shape index (κ3) is 5.65. The lowest BCUT2D eigenvalue weighted by Gasteiger charge is -2.28. The Labute approximate surface area is 205 Å². The minimum absolute atomic E-state index is 0.0366. The number of ether oxygens (including phenoxy) is 2. The Kier molecular flexibility index (Phi) is 8.87. The summed E-state index contributed by atoms with van der Waals surface area (Å²) in [5.74, 6) is -1.25. The maximum atomic E-state index is 13.5. The van der Waals surface area contributed by atoms with Gasteiger partial charge in [0.25, 0.3) is 11.7 Å². The number of likely N-dealkylation sites (N-methyl/N-ethyl adjacent to an activating group) is 1. The fourth-order valence-electron chi connectivity index (χ4n) is 4.19. The van der Waals surface area contributed by atoms with Gasteiger partial charge >= 0.3 is 0 Å². The summed E-state index contributed by atoms with van der Waals surface area (Å²) in [6, 6.07) is 9.57. The maximum absolute atomic E-state index is 13.5. The number of Topliss-reactive ketones (excluding diaryl/α,β-unsaturated/α-hetero) is 1.